The van der Waals surface area contributed by atoms with E-state index in [-0.39, 0.29) is 11.9 Å². The molecule has 0 radical (unpaired) electrons. The summed E-state index contributed by atoms with van der Waals surface area (Å²) in [7, 11) is 1.83. The van der Waals surface area contributed by atoms with Gasteiger partial charge in [-0.2, -0.15) is 5.10 Å². The molecule has 0 saturated heterocycles. The number of carbonyl (C=O) groups is 1. The maximum Gasteiger partial charge on any atom is 0.255 e. The van der Waals surface area contributed by atoms with Crippen molar-refractivity contribution in [3.63, 3.8) is 0 Å². The minimum absolute atomic E-state index is 0.0302. The number of nitrogens with zero attached hydrogens (tertiary/aromatic N) is 4. The summed E-state index contributed by atoms with van der Waals surface area (Å²) in [6, 6.07) is 16.7. The zero-order valence-corrected chi connectivity index (χ0v) is 16.7. The van der Waals surface area contributed by atoms with Crippen molar-refractivity contribution in [2.24, 2.45) is 0 Å². The van der Waals surface area contributed by atoms with E-state index in [0.29, 0.717) is 12.1 Å². The zero-order chi connectivity index (χ0) is 19.8. The normalized spacial score (nSPS) is 11.5. The largest absolute Gasteiger partial charge is 0.337 e. The van der Waals surface area contributed by atoms with Crippen LogP contribution >= 0.6 is 0 Å². The molecule has 0 aliphatic rings. The van der Waals surface area contributed by atoms with Crippen LogP contribution in [0.5, 0.6) is 0 Å². The summed E-state index contributed by atoms with van der Waals surface area (Å²) in [5.74, 6) is -0.0302. The first-order valence-electron chi connectivity index (χ1n) is 9.52. The molecule has 0 spiro atoms. The highest BCUT2D eigenvalue weighted by Crippen LogP contribution is 2.21. The van der Waals surface area contributed by atoms with E-state index < -0.39 is 0 Å². The smallest absolute Gasteiger partial charge is 0.255 e. The van der Waals surface area contributed by atoms with Crippen molar-refractivity contribution in [2.75, 3.05) is 7.05 Å². The van der Waals surface area contributed by atoms with Gasteiger partial charge in [0.15, 0.2) is 5.65 Å². The predicted octanol–water partition coefficient (Wildman–Crippen LogP) is 4.75. The molecule has 2 aromatic carbocycles. The van der Waals surface area contributed by atoms with Crippen molar-refractivity contribution in [1.29, 1.82) is 0 Å². The highest BCUT2D eigenvalue weighted by Gasteiger charge is 2.18. The Bertz CT molecular complexity index is 1180. The van der Waals surface area contributed by atoms with E-state index in [1.807, 2.05) is 36.9 Å². The number of hydrogen-bond donors (Lipinski definition) is 0. The summed E-state index contributed by atoms with van der Waals surface area (Å²) in [5, 5.41) is 7.68. The van der Waals surface area contributed by atoms with Gasteiger partial charge in [0, 0.05) is 25.0 Å². The van der Waals surface area contributed by atoms with Crippen molar-refractivity contribution in [2.45, 2.75) is 33.4 Å². The number of aromatic nitrogens is 3. The van der Waals surface area contributed by atoms with Gasteiger partial charge in [0.1, 0.15) is 0 Å². The molecule has 4 rings (SSSR count). The highest BCUT2D eigenvalue weighted by atomic mass is 16.2. The molecule has 0 fully saturated rings. The van der Waals surface area contributed by atoms with Gasteiger partial charge in [0.2, 0.25) is 0 Å². The quantitative estimate of drug-likeness (QED) is 0.520. The van der Waals surface area contributed by atoms with Gasteiger partial charge in [-0.3, -0.25) is 4.79 Å². The van der Waals surface area contributed by atoms with Gasteiger partial charge in [-0.25, -0.2) is 9.67 Å². The van der Waals surface area contributed by atoms with Crippen LogP contribution in [0.15, 0.2) is 54.7 Å². The summed E-state index contributed by atoms with van der Waals surface area (Å²) < 4.78 is 1.88. The van der Waals surface area contributed by atoms with E-state index in [1.54, 1.807) is 11.1 Å². The van der Waals surface area contributed by atoms with Gasteiger partial charge >= 0.3 is 0 Å². The number of benzene rings is 2. The second-order valence-electron chi connectivity index (χ2n) is 7.56. The van der Waals surface area contributed by atoms with Crippen molar-refractivity contribution in [3.05, 3.63) is 71.5 Å². The van der Waals surface area contributed by atoms with Crippen LogP contribution in [0.2, 0.25) is 0 Å². The zero-order valence-electron chi connectivity index (χ0n) is 16.7. The minimum atomic E-state index is -0.0302. The molecule has 4 aromatic rings. The van der Waals surface area contributed by atoms with E-state index in [9.17, 15) is 4.79 Å². The Morgan fingerprint density at radius 3 is 2.57 bits per heavy atom. The standard InChI is InChI=1S/C23H24N4O/c1-15(2)27-22-20(13-24-27)12-21(16(3)25-22)23(28)26(4)14-17-9-10-18-7-5-6-8-19(18)11-17/h5-13,15H,14H2,1-4H3. The Balaban J connectivity index is 1.61. The SMILES string of the molecule is Cc1nc2c(cnn2C(C)C)cc1C(=O)N(C)Cc1ccc2ccccc2c1. The summed E-state index contributed by atoms with van der Waals surface area (Å²) in [6.07, 6.45) is 1.78. The van der Waals surface area contributed by atoms with E-state index in [1.165, 1.54) is 10.8 Å². The molecule has 0 atom stereocenters. The summed E-state index contributed by atoms with van der Waals surface area (Å²) in [4.78, 5) is 19.5. The lowest BCUT2D eigenvalue weighted by molar-refractivity contribution is 0.0784. The molecule has 0 bridgehead atoms. The van der Waals surface area contributed by atoms with E-state index in [2.05, 4.69) is 54.3 Å². The Morgan fingerprint density at radius 1 is 1.07 bits per heavy atom. The second-order valence-corrected chi connectivity index (χ2v) is 7.56. The number of rotatable bonds is 4. The Hall–Kier alpha value is -3.21. The van der Waals surface area contributed by atoms with Crippen LogP contribution in [0.25, 0.3) is 21.8 Å². The summed E-state index contributed by atoms with van der Waals surface area (Å²) in [5.41, 5.74) is 3.28. The van der Waals surface area contributed by atoms with Gasteiger partial charge < -0.3 is 4.90 Å². The van der Waals surface area contributed by atoms with Crippen LogP contribution < -0.4 is 0 Å². The van der Waals surface area contributed by atoms with Crippen LogP contribution in [0.1, 0.15) is 41.5 Å². The molecule has 0 N–H and O–H groups in total. The van der Waals surface area contributed by atoms with Crippen LogP contribution in [-0.4, -0.2) is 32.6 Å². The van der Waals surface area contributed by atoms with Gasteiger partial charge in [-0.1, -0.05) is 36.4 Å². The van der Waals surface area contributed by atoms with Crippen LogP contribution in [0.3, 0.4) is 0 Å². The topological polar surface area (TPSA) is 51.0 Å². The Morgan fingerprint density at radius 2 is 1.82 bits per heavy atom. The van der Waals surface area contributed by atoms with E-state index >= 15 is 0 Å². The third kappa shape index (κ3) is 3.24. The van der Waals surface area contributed by atoms with E-state index in [0.717, 1.165) is 22.3 Å². The fourth-order valence-electron chi connectivity index (χ4n) is 3.55. The van der Waals surface area contributed by atoms with Crippen molar-refractivity contribution in [3.8, 4) is 0 Å². The molecular formula is C23H24N4O. The summed E-state index contributed by atoms with van der Waals surface area (Å²) in [6.45, 7) is 6.57. The number of pyridine rings is 1. The number of fused-ring (bicyclic) bond motifs is 2. The third-order valence-corrected chi connectivity index (χ3v) is 5.06. The predicted molar refractivity (Wildman–Crippen MR) is 112 cm³/mol. The first-order valence-corrected chi connectivity index (χ1v) is 9.52. The van der Waals surface area contributed by atoms with Gasteiger partial charge in [-0.15, -0.1) is 0 Å². The maximum atomic E-state index is 13.1. The lowest BCUT2D eigenvalue weighted by Gasteiger charge is -2.19. The first kappa shape index (κ1) is 18.2. The van der Waals surface area contributed by atoms with Crippen molar-refractivity contribution < 1.29 is 4.79 Å². The van der Waals surface area contributed by atoms with Crippen LogP contribution in [0, 0.1) is 6.92 Å². The number of aryl methyl sites for hydroxylation is 1. The molecule has 142 valence electrons. The lowest BCUT2D eigenvalue weighted by Crippen LogP contribution is -2.27. The second kappa shape index (κ2) is 7.08. The van der Waals surface area contributed by atoms with Crippen LogP contribution in [-0.2, 0) is 6.54 Å². The molecule has 0 aliphatic heterocycles. The van der Waals surface area contributed by atoms with E-state index in [4.69, 9.17) is 0 Å². The minimum Gasteiger partial charge on any atom is -0.337 e. The molecule has 0 saturated carbocycles. The molecule has 5 nitrogen and oxygen atoms in total. The Labute approximate surface area is 164 Å². The molecule has 2 aromatic heterocycles. The molecule has 2 heterocycles. The fraction of sp³-hybridized carbons (Fsp3) is 0.261. The highest BCUT2D eigenvalue weighted by molar-refractivity contribution is 5.98. The average Bonchev–Trinajstić information content (AvgIpc) is 3.09. The third-order valence-electron chi connectivity index (χ3n) is 5.06. The number of hydrogen-bond acceptors (Lipinski definition) is 3. The number of carbonyl (C=O) groups excluding carboxylic acids is 1. The van der Waals surface area contributed by atoms with Crippen LogP contribution in [0.4, 0.5) is 0 Å². The van der Waals surface area contributed by atoms with Gasteiger partial charge in [0.05, 0.1) is 17.5 Å². The summed E-state index contributed by atoms with van der Waals surface area (Å²) >= 11 is 0. The molecule has 1 amide bonds. The molecule has 0 aliphatic carbocycles. The molecule has 28 heavy (non-hydrogen) atoms. The average molecular weight is 372 g/mol. The fourth-order valence-corrected chi connectivity index (χ4v) is 3.55. The molecule has 0 unspecified atom stereocenters. The van der Waals surface area contributed by atoms with Crippen molar-refractivity contribution in [1.82, 2.24) is 19.7 Å². The Kier molecular flexibility index (Phi) is 4.59. The van der Waals surface area contributed by atoms with Gasteiger partial charge in [-0.05, 0) is 49.2 Å². The molecular weight excluding hydrogens is 348 g/mol. The van der Waals surface area contributed by atoms with Gasteiger partial charge in [0.25, 0.3) is 5.91 Å². The van der Waals surface area contributed by atoms with Crippen molar-refractivity contribution >= 4 is 27.7 Å². The first-order chi connectivity index (χ1) is 13.4. The lowest BCUT2D eigenvalue weighted by atomic mass is 10.1. The maximum absolute atomic E-state index is 13.1. The monoisotopic (exact) mass is 372 g/mol. The number of amides is 1. The molecule has 5 heteroatoms.